The van der Waals surface area contributed by atoms with Crippen LogP contribution in [-0.4, -0.2) is 33.5 Å². The van der Waals surface area contributed by atoms with Crippen LogP contribution >= 0.6 is 0 Å². The van der Waals surface area contributed by atoms with Gasteiger partial charge in [-0.3, -0.25) is 9.59 Å². The molecule has 0 amide bonds. The predicted molar refractivity (Wildman–Crippen MR) is 128 cm³/mol. The summed E-state index contributed by atoms with van der Waals surface area (Å²) in [4.78, 5) is 29.9. The van der Waals surface area contributed by atoms with Gasteiger partial charge in [0.25, 0.3) is 5.56 Å². The van der Waals surface area contributed by atoms with Crippen molar-refractivity contribution in [3.8, 4) is 11.4 Å². The predicted octanol–water partition coefficient (Wildman–Crippen LogP) is 4.07. The van der Waals surface area contributed by atoms with Gasteiger partial charge in [-0.25, -0.2) is 4.98 Å². The Morgan fingerprint density at radius 2 is 1.67 bits per heavy atom. The molecule has 0 bridgehead atoms. The fourth-order valence-electron chi connectivity index (χ4n) is 3.84. The monoisotopic (exact) mass is 436 g/mol. The highest BCUT2D eigenvalue weighted by Gasteiger charge is 2.13. The average molecular weight is 436 g/mol. The fraction of sp³-hybridized carbons (Fsp3) is 0.0769. The molecule has 2 aromatic heterocycles. The molecule has 0 spiro atoms. The van der Waals surface area contributed by atoms with Crippen molar-refractivity contribution in [1.82, 2.24) is 14.2 Å². The number of benzene rings is 3. The number of hydrogen-bond donors (Lipinski definition) is 0. The maximum Gasteiger partial charge on any atom is 0.325 e. The van der Waals surface area contributed by atoms with Crippen molar-refractivity contribution in [1.29, 1.82) is 0 Å². The molecule has 0 radical (unpaired) electrons. The summed E-state index contributed by atoms with van der Waals surface area (Å²) in [5, 5.41) is 5.95. The third kappa shape index (κ3) is 3.80. The van der Waals surface area contributed by atoms with Gasteiger partial charge < -0.3 is 9.30 Å². The van der Waals surface area contributed by atoms with Crippen molar-refractivity contribution in [2.45, 2.75) is 6.54 Å². The first kappa shape index (κ1) is 20.4. The van der Waals surface area contributed by atoms with E-state index >= 15 is 0 Å². The van der Waals surface area contributed by atoms with Crippen molar-refractivity contribution in [2.24, 2.45) is 5.10 Å². The minimum Gasteiger partial charge on any atom is -0.468 e. The van der Waals surface area contributed by atoms with Gasteiger partial charge in [0.2, 0.25) is 0 Å². The van der Waals surface area contributed by atoms with Crippen LogP contribution in [0.3, 0.4) is 0 Å². The zero-order chi connectivity index (χ0) is 22.8. The van der Waals surface area contributed by atoms with Crippen LogP contribution in [0.2, 0.25) is 0 Å². The molecule has 0 atom stereocenters. The lowest BCUT2D eigenvalue weighted by atomic mass is 10.2. The molecule has 0 aliphatic heterocycles. The van der Waals surface area contributed by atoms with Gasteiger partial charge in [-0.2, -0.15) is 9.78 Å². The number of rotatable bonds is 5. The Morgan fingerprint density at radius 3 is 2.45 bits per heavy atom. The van der Waals surface area contributed by atoms with E-state index in [-0.39, 0.29) is 18.1 Å². The Labute approximate surface area is 189 Å². The van der Waals surface area contributed by atoms with E-state index in [0.717, 1.165) is 22.0 Å². The number of ether oxygens (including phenoxy) is 1. The number of esters is 1. The molecule has 7 nitrogen and oxygen atoms in total. The molecule has 0 saturated carbocycles. The van der Waals surface area contributed by atoms with Gasteiger partial charge in [-0.1, -0.05) is 60.7 Å². The Kier molecular flexibility index (Phi) is 5.28. The maximum atomic E-state index is 13.3. The smallest absolute Gasteiger partial charge is 0.325 e. The van der Waals surface area contributed by atoms with Crippen LogP contribution in [0.4, 0.5) is 0 Å². The number of nitrogens with zero attached hydrogens (tertiary/aromatic N) is 4. The number of carbonyl (C=O) groups is 1. The van der Waals surface area contributed by atoms with E-state index in [1.54, 1.807) is 12.3 Å². The van der Waals surface area contributed by atoms with Crippen molar-refractivity contribution in [2.75, 3.05) is 7.11 Å². The van der Waals surface area contributed by atoms with Gasteiger partial charge in [0.15, 0.2) is 5.82 Å². The van der Waals surface area contributed by atoms with Crippen molar-refractivity contribution >= 4 is 34.0 Å². The zero-order valence-electron chi connectivity index (χ0n) is 17.9. The summed E-state index contributed by atoms with van der Waals surface area (Å²) >= 11 is 0. The van der Waals surface area contributed by atoms with E-state index < -0.39 is 0 Å². The highest BCUT2D eigenvalue weighted by Crippen LogP contribution is 2.22. The Hall–Kier alpha value is -4.52. The molecule has 0 N–H and O–H groups in total. The molecule has 0 aliphatic carbocycles. The van der Waals surface area contributed by atoms with Crippen LogP contribution in [-0.2, 0) is 16.1 Å². The first-order valence-electron chi connectivity index (χ1n) is 10.4. The van der Waals surface area contributed by atoms with Gasteiger partial charge in [-0.15, -0.1) is 0 Å². The SMILES string of the molecule is COC(=O)Cn1cc(C=Nn2c(-c3ccccc3)nc3ccccc3c2=O)c2ccccc21. The third-order valence-corrected chi connectivity index (χ3v) is 5.44. The van der Waals surface area contributed by atoms with Crippen molar-refractivity contribution < 1.29 is 9.53 Å². The van der Waals surface area contributed by atoms with E-state index in [2.05, 4.69) is 5.10 Å². The van der Waals surface area contributed by atoms with E-state index in [1.807, 2.05) is 83.6 Å². The fourth-order valence-corrected chi connectivity index (χ4v) is 3.84. The van der Waals surface area contributed by atoms with Gasteiger partial charge in [0.1, 0.15) is 6.54 Å². The lowest BCUT2D eigenvalue weighted by molar-refractivity contribution is -0.141. The maximum absolute atomic E-state index is 13.3. The summed E-state index contributed by atoms with van der Waals surface area (Å²) in [6.45, 7) is 0.0809. The Morgan fingerprint density at radius 1 is 0.970 bits per heavy atom. The van der Waals surface area contributed by atoms with Gasteiger partial charge in [0.05, 0.1) is 24.2 Å². The molecule has 3 aromatic carbocycles. The van der Waals surface area contributed by atoms with Crippen molar-refractivity contribution in [3.63, 3.8) is 0 Å². The van der Waals surface area contributed by atoms with Gasteiger partial charge in [0, 0.05) is 28.2 Å². The molecule has 33 heavy (non-hydrogen) atoms. The minimum atomic E-state index is -0.347. The van der Waals surface area contributed by atoms with Crippen LogP contribution in [0.15, 0.2) is 95.0 Å². The minimum absolute atomic E-state index is 0.0809. The molecule has 5 aromatic rings. The van der Waals surface area contributed by atoms with E-state index in [1.165, 1.54) is 11.8 Å². The standard InChI is InChI=1S/C26H20N4O3/c1-33-24(31)17-29-16-19(20-11-6-8-14-23(20)29)15-27-30-25(18-9-3-2-4-10-18)28-22-13-7-5-12-21(22)26(30)32/h2-16H,17H2,1H3. The van der Waals surface area contributed by atoms with Gasteiger partial charge >= 0.3 is 5.97 Å². The normalized spacial score (nSPS) is 11.4. The zero-order valence-corrected chi connectivity index (χ0v) is 17.9. The molecule has 2 heterocycles. The lowest BCUT2D eigenvalue weighted by Gasteiger charge is -2.09. The molecule has 0 aliphatic rings. The molecule has 0 unspecified atom stereocenters. The number of aromatic nitrogens is 3. The van der Waals surface area contributed by atoms with Crippen LogP contribution < -0.4 is 5.56 Å². The second-order valence-electron chi connectivity index (χ2n) is 7.49. The topological polar surface area (TPSA) is 78.5 Å². The summed E-state index contributed by atoms with van der Waals surface area (Å²) in [6, 6.07) is 24.4. The lowest BCUT2D eigenvalue weighted by Crippen LogP contribution is -2.20. The largest absolute Gasteiger partial charge is 0.468 e. The molecular formula is C26H20N4O3. The first-order valence-corrected chi connectivity index (χ1v) is 10.4. The average Bonchev–Trinajstić information content (AvgIpc) is 3.21. The second kappa shape index (κ2) is 8.55. The summed E-state index contributed by atoms with van der Waals surface area (Å²) in [7, 11) is 1.36. The summed E-state index contributed by atoms with van der Waals surface area (Å²) in [5.74, 6) is 0.106. The van der Waals surface area contributed by atoms with E-state index in [4.69, 9.17) is 9.72 Å². The number of hydrogen-bond acceptors (Lipinski definition) is 5. The van der Waals surface area contributed by atoms with Gasteiger partial charge in [-0.05, 0) is 18.2 Å². The molecule has 0 saturated heterocycles. The molecular weight excluding hydrogens is 416 g/mol. The van der Waals surface area contributed by atoms with Crippen LogP contribution in [0.1, 0.15) is 5.56 Å². The number of methoxy groups -OCH3 is 1. The van der Waals surface area contributed by atoms with E-state index in [9.17, 15) is 9.59 Å². The summed E-state index contributed by atoms with van der Waals surface area (Å²) < 4.78 is 7.95. The van der Waals surface area contributed by atoms with Crippen LogP contribution in [0, 0.1) is 0 Å². The highest BCUT2D eigenvalue weighted by molar-refractivity contribution is 6.00. The quantitative estimate of drug-likeness (QED) is 0.307. The summed E-state index contributed by atoms with van der Waals surface area (Å²) in [6.07, 6.45) is 3.45. The highest BCUT2D eigenvalue weighted by atomic mass is 16.5. The van der Waals surface area contributed by atoms with Crippen molar-refractivity contribution in [3.05, 3.63) is 101 Å². The number of fused-ring (bicyclic) bond motifs is 2. The second-order valence-corrected chi connectivity index (χ2v) is 7.49. The number of para-hydroxylation sites is 2. The Balaban J connectivity index is 1.68. The molecule has 7 heteroatoms. The Bertz CT molecular complexity index is 1570. The summed E-state index contributed by atoms with van der Waals surface area (Å²) in [5.41, 5.74) is 2.78. The molecule has 162 valence electrons. The third-order valence-electron chi connectivity index (χ3n) is 5.44. The molecule has 5 rings (SSSR count). The number of carbonyl (C=O) groups excluding carboxylic acids is 1. The van der Waals surface area contributed by atoms with Crippen LogP contribution in [0.25, 0.3) is 33.2 Å². The molecule has 0 fully saturated rings. The van der Waals surface area contributed by atoms with Crippen LogP contribution in [0.5, 0.6) is 0 Å². The first-order chi connectivity index (χ1) is 16.2. The van der Waals surface area contributed by atoms with E-state index in [0.29, 0.717) is 16.7 Å².